The highest BCUT2D eigenvalue weighted by Crippen LogP contribution is 2.38. The molecule has 2 aliphatic heterocycles. The van der Waals surface area contributed by atoms with Crippen molar-refractivity contribution in [2.45, 2.75) is 77.2 Å². The lowest BCUT2D eigenvalue weighted by molar-refractivity contribution is -0.0414. The van der Waals surface area contributed by atoms with Crippen LogP contribution in [0.2, 0.25) is 0 Å². The van der Waals surface area contributed by atoms with Gasteiger partial charge in [0, 0.05) is 31.7 Å². The van der Waals surface area contributed by atoms with Crippen LogP contribution in [0.1, 0.15) is 53.4 Å². The molecule has 20 heavy (non-hydrogen) atoms. The van der Waals surface area contributed by atoms with Crippen molar-refractivity contribution in [2.24, 2.45) is 11.8 Å². The van der Waals surface area contributed by atoms with Gasteiger partial charge in [0.2, 0.25) is 0 Å². The predicted octanol–water partition coefficient (Wildman–Crippen LogP) is 2.65. The highest BCUT2D eigenvalue weighted by molar-refractivity contribution is 4.97. The first-order valence-corrected chi connectivity index (χ1v) is 8.60. The lowest BCUT2D eigenvalue weighted by Gasteiger charge is -2.43. The van der Waals surface area contributed by atoms with Crippen LogP contribution in [0.3, 0.4) is 0 Å². The summed E-state index contributed by atoms with van der Waals surface area (Å²) in [5.74, 6) is 1.67. The molecule has 3 atom stereocenters. The smallest absolute Gasteiger partial charge is 0.0710 e. The molecule has 0 aromatic carbocycles. The zero-order valence-electron chi connectivity index (χ0n) is 13.7. The first-order chi connectivity index (χ1) is 9.44. The number of piperazine rings is 1. The molecule has 2 heterocycles. The van der Waals surface area contributed by atoms with E-state index in [9.17, 15) is 0 Å². The third-order valence-electron chi connectivity index (χ3n) is 5.45. The number of hydrogen-bond donors (Lipinski definition) is 1. The van der Waals surface area contributed by atoms with E-state index < -0.39 is 0 Å². The quantitative estimate of drug-likeness (QED) is 0.857. The number of ether oxygens (including phenoxy) is 1. The van der Waals surface area contributed by atoms with Crippen molar-refractivity contribution in [3.63, 3.8) is 0 Å². The lowest BCUT2D eigenvalue weighted by atomic mass is 9.97. The fourth-order valence-corrected chi connectivity index (χ4v) is 3.92. The first-order valence-electron chi connectivity index (χ1n) is 8.60. The molecule has 3 unspecified atom stereocenters. The van der Waals surface area contributed by atoms with Crippen LogP contribution in [0.4, 0.5) is 0 Å². The highest BCUT2D eigenvalue weighted by Gasteiger charge is 2.41. The molecular weight excluding hydrogens is 248 g/mol. The van der Waals surface area contributed by atoms with Crippen LogP contribution in [0.25, 0.3) is 0 Å². The molecule has 2 saturated heterocycles. The monoisotopic (exact) mass is 280 g/mol. The second-order valence-electron chi connectivity index (χ2n) is 8.16. The molecule has 0 amide bonds. The normalized spacial score (nSPS) is 38.5. The molecule has 0 aromatic heterocycles. The Labute approximate surface area is 124 Å². The van der Waals surface area contributed by atoms with Gasteiger partial charge < -0.3 is 10.1 Å². The van der Waals surface area contributed by atoms with Gasteiger partial charge in [-0.1, -0.05) is 13.8 Å². The average molecular weight is 280 g/mol. The summed E-state index contributed by atoms with van der Waals surface area (Å²) in [6.07, 6.45) is 5.78. The van der Waals surface area contributed by atoms with E-state index in [1.807, 2.05) is 0 Å². The summed E-state index contributed by atoms with van der Waals surface area (Å²) in [6, 6.07) is 1.41. The number of nitrogens with zero attached hydrogens (tertiary/aromatic N) is 1. The summed E-state index contributed by atoms with van der Waals surface area (Å²) in [5.41, 5.74) is 0.102. The molecular formula is C17H32N2O. The van der Waals surface area contributed by atoms with Crippen LogP contribution in [-0.2, 0) is 4.74 Å². The minimum atomic E-state index is 0.102. The summed E-state index contributed by atoms with van der Waals surface area (Å²) in [4.78, 5) is 2.75. The molecule has 116 valence electrons. The van der Waals surface area contributed by atoms with E-state index in [2.05, 4.69) is 37.9 Å². The first kappa shape index (κ1) is 14.8. The van der Waals surface area contributed by atoms with Crippen LogP contribution < -0.4 is 5.32 Å². The summed E-state index contributed by atoms with van der Waals surface area (Å²) >= 11 is 0. The van der Waals surface area contributed by atoms with E-state index in [0.29, 0.717) is 12.1 Å². The van der Waals surface area contributed by atoms with Crippen molar-refractivity contribution in [1.29, 1.82) is 0 Å². The van der Waals surface area contributed by atoms with E-state index >= 15 is 0 Å². The van der Waals surface area contributed by atoms with Crippen LogP contribution in [0.15, 0.2) is 0 Å². The van der Waals surface area contributed by atoms with Crippen LogP contribution in [0, 0.1) is 11.8 Å². The molecule has 3 aliphatic rings. The van der Waals surface area contributed by atoms with E-state index in [1.165, 1.54) is 38.8 Å². The molecule has 0 radical (unpaired) electrons. The molecule has 1 N–H and O–H groups in total. The predicted molar refractivity (Wildman–Crippen MR) is 82.9 cm³/mol. The van der Waals surface area contributed by atoms with Gasteiger partial charge in [0.05, 0.1) is 11.7 Å². The summed E-state index contributed by atoms with van der Waals surface area (Å²) in [7, 11) is 0. The third-order valence-corrected chi connectivity index (χ3v) is 5.45. The second kappa shape index (κ2) is 5.58. The van der Waals surface area contributed by atoms with Crippen molar-refractivity contribution in [3.8, 4) is 0 Å². The topological polar surface area (TPSA) is 24.5 Å². The zero-order chi connectivity index (χ0) is 14.3. The van der Waals surface area contributed by atoms with Gasteiger partial charge in [-0.15, -0.1) is 0 Å². The summed E-state index contributed by atoms with van der Waals surface area (Å²) in [5, 5.41) is 3.78. The molecule has 3 nitrogen and oxygen atoms in total. The molecule has 0 spiro atoms. The Kier molecular flexibility index (Phi) is 4.13. The maximum atomic E-state index is 6.23. The number of hydrogen-bond acceptors (Lipinski definition) is 3. The molecule has 3 rings (SSSR count). The average Bonchev–Trinajstić information content (AvgIpc) is 3.15. The lowest BCUT2D eigenvalue weighted by Crippen LogP contribution is -2.60. The van der Waals surface area contributed by atoms with Crippen molar-refractivity contribution in [3.05, 3.63) is 0 Å². The second-order valence-corrected chi connectivity index (χ2v) is 8.16. The number of nitrogens with one attached hydrogen (secondary N) is 1. The Morgan fingerprint density at radius 1 is 1.25 bits per heavy atom. The van der Waals surface area contributed by atoms with Crippen LogP contribution in [-0.4, -0.2) is 48.3 Å². The molecule has 3 heteroatoms. The Morgan fingerprint density at radius 2 is 2.00 bits per heavy atom. The van der Waals surface area contributed by atoms with Gasteiger partial charge in [0.15, 0.2) is 0 Å². The minimum absolute atomic E-state index is 0.102. The van der Waals surface area contributed by atoms with Crippen molar-refractivity contribution in [2.75, 3.05) is 19.6 Å². The Balaban J connectivity index is 1.61. The number of rotatable bonds is 4. The maximum Gasteiger partial charge on any atom is 0.0710 e. The van der Waals surface area contributed by atoms with Crippen LogP contribution in [0.5, 0.6) is 0 Å². The Bertz CT molecular complexity index is 338. The standard InChI is InChI=1S/C17H32N2O/c1-12(2)15-11-19(16(9-18-15)13-5-6-13)10-14-7-8-17(3,4)20-14/h12-16,18H,5-11H2,1-4H3. The van der Waals surface area contributed by atoms with Gasteiger partial charge in [-0.3, -0.25) is 4.90 Å². The molecule has 1 aliphatic carbocycles. The zero-order valence-corrected chi connectivity index (χ0v) is 13.7. The molecule has 3 fully saturated rings. The fraction of sp³-hybridized carbons (Fsp3) is 1.00. The van der Waals surface area contributed by atoms with Gasteiger partial charge in [-0.05, 0) is 51.4 Å². The Hall–Kier alpha value is -0.120. The van der Waals surface area contributed by atoms with E-state index in [0.717, 1.165) is 24.4 Å². The summed E-state index contributed by atoms with van der Waals surface area (Å²) in [6.45, 7) is 12.7. The highest BCUT2D eigenvalue weighted by atomic mass is 16.5. The minimum Gasteiger partial charge on any atom is -0.371 e. The Morgan fingerprint density at radius 3 is 2.55 bits per heavy atom. The van der Waals surface area contributed by atoms with Gasteiger partial charge in [-0.2, -0.15) is 0 Å². The van der Waals surface area contributed by atoms with Crippen LogP contribution >= 0.6 is 0 Å². The fourth-order valence-electron chi connectivity index (χ4n) is 3.92. The van der Waals surface area contributed by atoms with Gasteiger partial charge in [0.1, 0.15) is 0 Å². The molecule has 1 saturated carbocycles. The van der Waals surface area contributed by atoms with E-state index in [1.54, 1.807) is 0 Å². The molecule has 0 bridgehead atoms. The van der Waals surface area contributed by atoms with Gasteiger partial charge in [0.25, 0.3) is 0 Å². The summed E-state index contributed by atoms with van der Waals surface area (Å²) < 4.78 is 6.23. The van der Waals surface area contributed by atoms with Crippen molar-refractivity contribution in [1.82, 2.24) is 10.2 Å². The van der Waals surface area contributed by atoms with Crippen molar-refractivity contribution < 1.29 is 4.74 Å². The van der Waals surface area contributed by atoms with E-state index in [4.69, 9.17) is 4.74 Å². The molecule has 0 aromatic rings. The van der Waals surface area contributed by atoms with Gasteiger partial charge in [-0.25, -0.2) is 0 Å². The SMILES string of the molecule is CC(C)C1CN(CC2CCC(C)(C)O2)C(C2CC2)CN1. The maximum absolute atomic E-state index is 6.23. The third kappa shape index (κ3) is 3.37. The van der Waals surface area contributed by atoms with Crippen molar-refractivity contribution >= 4 is 0 Å². The van der Waals surface area contributed by atoms with Gasteiger partial charge >= 0.3 is 0 Å². The largest absolute Gasteiger partial charge is 0.371 e. The van der Waals surface area contributed by atoms with E-state index in [-0.39, 0.29) is 5.60 Å².